The van der Waals surface area contributed by atoms with Crippen molar-refractivity contribution in [1.29, 1.82) is 0 Å². The summed E-state index contributed by atoms with van der Waals surface area (Å²) in [7, 11) is 0. The number of amides is 2. The van der Waals surface area contributed by atoms with Gasteiger partial charge in [0.05, 0.1) is 38.0 Å². The van der Waals surface area contributed by atoms with E-state index in [9.17, 15) is 19.7 Å². The van der Waals surface area contributed by atoms with Gasteiger partial charge in [0, 0.05) is 18.7 Å². The molecule has 0 radical (unpaired) electrons. The van der Waals surface area contributed by atoms with Gasteiger partial charge in [0.1, 0.15) is 0 Å². The van der Waals surface area contributed by atoms with Gasteiger partial charge in [-0.15, -0.1) is 10.2 Å². The fraction of sp³-hybridized carbons (Fsp3) is 0.304. The minimum Gasteiger partial charge on any atom is -0.342 e. The third-order valence-corrected chi connectivity index (χ3v) is 6.80. The van der Waals surface area contributed by atoms with Crippen molar-refractivity contribution in [3.8, 4) is 0 Å². The second kappa shape index (κ2) is 12.2. The first-order valence-electron chi connectivity index (χ1n) is 11.0. The number of carbonyl (C=O) groups is 2. The molecule has 0 aliphatic heterocycles. The van der Waals surface area contributed by atoms with Crippen molar-refractivity contribution in [2.24, 2.45) is 5.92 Å². The third-order valence-electron chi connectivity index (χ3n) is 5.18. The Hall–Kier alpha value is -3.15. The van der Waals surface area contributed by atoms with Gasteiger partial charge in [-0.3, -0.25) is 19.7 Å². The van der Waals surface area contributed by atoms with Gasteiger partial charge in [0.2, 0.25) is 5.91 Å². The Balaban J connectivity index is 1.73. The number of thioether (sulfide) groups is 1. The van der Waals surface area contributed by atoms with Crippen LogP contribution in [0.1, 0.15) is 43.0 Å². The van der Waals surface area contributed by atoms with Crippen molar-refractivity contribution in [1.82, 2.24) is 20.1 Å². The Morgan fingerprint density at radius 3 is 2.50 bits per heavy atom. The normalized spacial score (nSPS) is 11.8. The van der Waals surface area contributed by atoms with Crippen LogP contribution in [0.4, 0.5) is 11.4 Å². The van der Waals surface area contributed by atoms with E-state index < -0.39 is 16.9 Å². The first-order chi connectivity index (χ1) is 17.1. The van der Waals surface area contributed by atoms with E-state index in [0.717, 1.165) is 11.8 Å². The highest BCUT2D eigenvalue weighted by atomic mass is 35.5. The lowest BCUT2D eigenvalue weighted by Crippen LogP contribution is -2.34. The number of nitro groups is 1. The SMILES string of the molecule is CCn1c(SCC(=O)Nc2cc([N+](=O)[O-])ccc2Cl)nnc1[C@H](NC(=O)c1ccccc1Cl)C(C)C. The number of benzene rings is 2. The Labute approximate surface area is 221 Å². The zero-order valence-corrected chi connectivity index (χ0v) is 22.0. The van der Waals surface area contributed by atoms with Crippen molar-refractivity contribution in [2.45, 2.75) is 38.5 Å². The largest absolute Gasteiger partial charge is 0.342 e. The Morgan fingerprint density at radius 2 is 1.86 bits per heavy atom. The summed E-state index contributed by atoms with van der Waals surface area (Å²) in [4.78, 5) is 35.8. The number of anilines is 1. The number of nitro benzene ring substituents is 1. The number of halogens is 2. The van der Waals surface area contributed by atoms with Crippen molar-refractivity contribution in [3.05, 3.63) is 74.0 Å². The summed E-state index contributed by atoms with van der Waals surface area (Å²) in [5.74, 6) is -0.231. The molecule has 0 spiro atoms. The topological polar surface area (TPSA) is 132 Å². The number of aromatic nitrogens is 3. The summed E-state index contributed by atoms with van der Waals surface area (Å²) in [6.45, 7) is 6.33. The molecule has 13 heteroatoms. The Kier molecular flexibility index (Phi) is 9.30. The third kappa shape index (κ3) is 6.54. The molecule has 3 aromatic rings. The molecular weight excluding hydrogens is 527 g/mol. The molecule has 0 saturated heterocycles. The van der Waals surface area contributed by atoms with Crippen LogP contribution >= 0.6 is 35.0 Å². The summed E-state index contributed by atoms with van der Waals surface area (Å²) in [6.07, 6.45) is 0. The first-order valence-corrected chi connectivity index (χ1v) is 12.7. The molecule has 0 bridgehead atoms. The number of non-ortho nitro benzene ring substituents is 1. The van der Waals surface area contributed by atoms with Gasteiger partial charge in [-0.1, -0.05) is 60.9 Å². The first kappa shape index (κ1) is 27.4. The summed E-state index contributed by atoms with van der Waals surface area (Å²) >= 11 is 13.4. The molecule has 0 aliphatic carbocycles. The van der Waals surface area contributed by atoms with E-state index in [0.29, 0.717) is 28.1 Å². The van der Waals surface area contributed by atoms with E-state index >= 15 is 0 Å². The monoisotopic (exact) mass is 550 g/mol. The molecule has 1 atom stereocenters. The number of hydrogen-bond acceptors (Lipinski definition) is 7. The summed E-state index contributed by atoms with van der Waals surface area (Å²) in [6, 6.07) is 10.1. The van der Waals surface area contributed by atoms with E-state index in [2.05, 4.69) is 20.8 Å². The summed E-state index contributed by atoms with van der Waals surface area (Å²) in [5, 5.41) is 26.1. The van der Waals surface area contributed by atoms with Crippen LogP contribution < -0.4 is 10.6 Å². The zero-order valence-electron chi connectivity index (χ0n) is 19.7. The quantitative estimate of drug-likeness (QED) is 0.197. The Bertz CT molecular complexity index is 1280. The second-order valence-corrected chi connectivity index (χ2v) is 9.78. The van der Waals surface area contributed by atoms with Gasteiger partial charge in [0.15, 0.2) is 11.0 Å². The van der Waals surface area contributed by atoms with Crippen LogP contribution in [0, 0.1) is 16.0 Å². The fourth-order valence-corrected chi connectivity index (χ4v) is 4.56. The van der Waals surface area contributed by atoms with Gasteiger partial charge in [-0.05, 0) is 31.0 Å². The van der Waals surface area contributed by atoms with E-state index in [1.807, 2.05) is 25.3 Å². The van der Waals surface area contributed by atoms with E-state index in [1.165, 1.54) is 18.2 Å². The standard InChI is InChI=1S/C23H24Cl2N6O4S/c1-4-30-21(20(13(2)3)27-22(33)15-7-5-6-8-16(15)24)28-29-23(30)36-12-19(32)26-18-11-14(31(34)35)9-10-17(18)25/h5-11,13,20H,4,12H2,1-3H3,(H,26,32)(H,27,33)/t20-/m1/s1. The number of rotatable bonds is 10. The van der Waals surface area contributed by atoms with E-state index in [-0.39, 0.29) is 34.0 Å². The predicted octanol–water partition coefficient (Wildman–Crippen LogP) is 5.37. The van der Waals surface area contributed by atoms with E-state index in [1.54, 1.807) is 24.3 Å². The minimum absolute atomic E-state index is 0.0110. The molecule has 1 aromatic heterocycles. The lowest BCUT2D eigenvalue weighted by Gasteiger charge is -2.22. The predicted molar refractivity (Wildman–Crippen MR) is 140 cm³/mol. The minimum atomic E-state index is -0.568. The number of nitrogens with zero attached hydrogens (tertiary/aromatic N) is 4. The van der Waals surface area contributed by atoms with Crippen LogP contribution in [0.2, 0.25) is 10.0 Å². The Morgan fingerprint density at radius 1 is 1.14 bits per heavy atom. The number of nitrogens with one attached hydrogen (secondary N) is 2. The molecule has 2 amide bonds. The smallest absolute Gasteiger partial charge is 0.271 e. The van der Waals surface area contributed by atoms with Crippen LogP contribution in [0.25, 0.3) is 0 Å². The van der Waals surface area contributed by atoms with Gasteiger partial charge in [-0.2, -0.15) is 0 Å². The van der Waals surface area contributed by atoms with Gasteiger partial charge in [-0.25, -0.2) is 0 Å². The molecule has 0 unspecified atom stereocenters. The fourth-order valence-electron chi connectivity index (χ4n) is 3.37. The molecular formula is C23H24Cl2N6O4S. The summed E-state index contributed by atoms with van der Waals surface area (Å²) < 4.78 is 1.83. The van der Waals surface area contributed by atoms with Crippen LogP contribution in [0.5, 0.6) is 0 Å². The van der Waals surface area contributed by atoms with Crippen molar-refractivity contribution < 1.29 is 14.5 Å². The van der Waals surface area contributed by atoms with Crippen LogP contribution in [0.15, 0.2) is 47.6 Å². The van der Waals surface area contributed by atoms with E-state index in [4.69, 9.17) is 23.2 Å². The molecule has 0 saturated carbocycles. The number of hydrogen-bond donors (Lipinski definition) is 2. The zero-order chi connectivity index (χ0) is 26.4. The molecule has 0 aliphatic rings. The van der Waals surface area contributed by atoms with Crippen LogP contribution in [-0.2, 0) is 11.3 Å². The molecule has 190 valence electrons. The van der Waals surface area contributed by atoms with Crippen LogP contribution in [0.3, 0.4) is 0 Å². The molecule has 10 nitrogen and oxygen atoms in total. The van der Waals surface area contributed by atoms with Crippen molar-refractivity contribution in [2.75, 3.05) is 11.1 Å². The molecule has 2 N–H and O–H groups in total. The van der Waals surface area contributed by atoms with Gasteiger partial charge < -0.3 is 15.2 Å². The highest BCUT2D eigenvalue weighted by Crippen LogP contribution is 2.28. The molecule has 1 heterocycles. The molecule has 3 rings (SSSR count). The summed E-state index contributed by atoms with van der Waals surface area (Å²) in [5.41, 5.74) is 0.325. The molecule has 36 heavy (non-hydrogen) atoms. The van der Waals surface area contributed by atoms with Crippen molar-refractivity contribution >= 4 is 58.2 Å². The number of carbonyl (C=O) groups excluding carboxylic acids is 2. The second-order valence-electron chi connectivity index (χ2n) is 8.02. The lowest BCUT2D eigenvalue weighted by atomic mass is 10.0. The molecule has 0 fully saturated rings. The average Bonchev–Trinajstić information content (AvgIpc) is 3.24. The maximum absolute atomic E-state index is 12.9. The lowest BCUT2D eigenvalue weighted by molar-refractivity contribution is -0.384. The maximum Gasteiger partial charge on any atom is 0.271 e. The van der Waals surface area contributed by atoms with Gasteiger partial charge >= 0.3 is 0 Å². The highest BCUT2D eigenvalue weighted by Gasteiger charge is 2.27. The highest BCUT2D eigenvalue weighted by molar-refractivity contribution is 7.99. The maximum atomic E-state index is 12.9. The van der Waals surface area contributed by atoms with Crippen molar-refractivity contribution in [3.63, 3.8) is 0 Å². The van der Waals surface area contributed by atoms with Crippen LogP contribution in [-0.4, -0.2) is 37.3 Å². The van der Waals surface area contributed by atoms with Gasteiger partial charge in [0.25, 0.3) is 11.6 Å². The average molecular weight is 551 g/mol. The molecule has 2 aromatic carbocycles.